The average molecular weight is 338 g/mol. The van der Waals surface area contributed by atoms with E-state index >= 15 is 0 Å². The van der Waals surface area contributed by atoms with Crippen molar-refractivity contribution >= 4 is 11.0 Å². The number of hydrogen-bond donors (Lipinski definition) is 2. The van der Waals surface area contributed by atoms with Crippen molar-refractivity contribution in [3.63, 3.8) is 0 Å². The predicted octanol–water partition coefficient (Wildman–Crippen LogP) is 2.38. The summed E-state index contributed by atoms with van der Waals surface area (Å²) < 4.78 is 19.2. The largest absolute Gasteiger partial charge is 0.334 e. The predicted molar refractivity (Wildman–Crippen MR) is 88.6 cm³/mol. The van der Waals surface area contributed by atoms with E-state index in [1.807, 2.05) is 6.92 Å². The third kappa shape index (κ3) is 2.63. The molecular formula is C17H11FN4O3. The number of nitrogens with one attached hydrogen (secondary N) is 2. The van der Waals surface area contributed by atoms with Crippen LogP contribution in [0.15, 0.2) is 50.5 Å². The fourth-order valence-corrected chi connectivity index (χ4v) is 2.51. The van der Waals surface area contributed by atoms with E-state index in [9.17, 15) is 14.0 Å². The Hall–Kier alpha value is -3.55. The summed E-state index contributed by atoms with van der Waals surface area (Å²) in [6.07, 6.45) is 0. The van der Waals surface area contributed by atoms with Crippen LogP contribution in [-0.4, -0.2) is 20.1 Å². The van der Waals surface area contributed by atoms with Gasteiger partial charge in [0.25, 0.3) is 5.89 Å². The van der Waals surface area contributed by atoms with Crippen molar-refractivity contribution in [1.29, 1.82) is 0 Å². The van der Waals surface area contributed by atoms with Gasteiger partial charge < -0.3 is 14.5 Å². The van der Waals surface area contributed by atoms with Gasteiger partial charge in [-0.2, -0.15) is 4.98 Å². The standard InChI is InChI=1S/C17H11FN4O3/c1-8-2-4-11(18)10(6-8)14-21-17(25-22-14)9-3-5-12-13(7-9)20-16(24)15(23)19-12/h2-7H,1H3,(H,19,23)(H,20,24). The van der Waals surface area contributed by atoms with Gasteiger partial charge in [-0.1, -0.05) is 16.8 Å². The molecule has 0 atom stereocenters. The Labute approximate surface area is 139 Å². The zero-order valence-electron chi connectivity index (χ0n) is 13.0. The van der Waals surface area contributed by atoms with Crippen LogP contribution < -0.4 is 11.1 Å². The summed E-state index contributed by atoms with van der Waals surface area (Å²) in [5.41, 5.74) is 1.06. The van der Waals surface area contributed by atoms with Crippen molar-refractivity contribution in [2.45, 2.75) is 6.92 Å². The van der Waals surface area contributed by atoms with E-state index in [1.54, 1.807) is 30.3 Å². The van der Waals surface area contributed by atoms with Gasteiger partial charge in [0.05, 0.1) is 16.6 Å². The van der Waals surface area contributed by atoms with Gasteiger partial charge in [0, 0.05) is 5.56 Å². The molecule has 0 spiro atoms. The summed E-state index contributed by atoms with van der Waals surface area (Å²) in [7, 11) is 0. The quantitative estimate of drug-likeness (QED) is 0.546. The van der Waals surface area contributed by atoms with E-state index in [-0.39, 0.29) is 17.3 Å². The lowest BCUT2D eigenvalue weighted by molar-refractivity contribution is 0.432. The number of rotatable bonds is 2. The Morgan fingerprint density at radius 1 is 1.00 bits per heavy atom. The van der Waals surface area contributed by atoms with Crippen LogP contribution in [-0.2, 0) is 0 Å². The Balaban J connectivity index is 1.81. The molecule has 0 saturated heterocycles. The lowest BCUT2D eigenvalue weighted by atomic mass is 10.1. The van der Waals surface area contributed by atoms with Crippen LogP contribution >= 0.6 is 0 Å². The van der Waals surface area contributed by atoms with Gasteiger partial charge >= 0.3 is 11.1 Å². The third-order valence-electron chi connectivity index (χ3n) is 3.76. The highest BCUT2D eigenvalue weighted by Gasteiger charge is 2.15. The zero-order chi connectivity index (χ0) is 17.6. The van der Waals surface area contributed by atoms with Crippen molar-refractivity contribution in [2.75, 3.05) is 0 Å². The first-order valence-corrected chi connectivity index (χ1v) is 7.38. The smallest absolute Gasteiger partial charge is 0.314 e. The van der Waals surface area contributed by atoms with E-state index in [4.69, 9.17) is 4.52 Å². The molecule has 7 nitrogen and oxygen atoms in total. The number of H-pyrrole nitrogens is 2. The number of fused-ring (bicyclic) bond motifs is 1. The number of aromatic nitrogens is 4. The van der Waals surface area contributed by atoms with E-state index in [1.165, 1.54) is 6.07 Å². The third-order valence-corrected chi connectivity index (χ3v) is 3.76. The molecule has 0 amide bonds. The van der Waals surface area contributed by atoms with Crippen LogP contribution in [0.1, 0.15) is 5.56 Å². The highest BCUT2D eigenvalue weighted by molar-refractivity contribution is 5.79. The van der Waals surface area contributed by atoms with Crippen LogP contribution in [0.2, 0.25) is 0 Å². The molecule has 25 heavy (non-hydrogen) atoms. The number of halogens is 1. The van der Waals surface area contributed by atoms with Crippen molar-refractivity contribution in [2.24, 2.45) is 0 Å². The molecule has 2 N–H and O–H groups in total. The summed E-state index contributed by atoms with van der Waals surface area (Å²) in [4.78, 5) is 31.9. The molecule has 4 rings (SSSR count). The Morgan fingerprint density at radius 2 is 1.76 bits per heavy atom. The molecule has 0 aliphatic rings. The van der Waals surface area contributed by atoms with Gasteiger partial charge in [0.1, 0.15) is 5.82 Å². The molecule has 4 aromatic rings. The number of benzene rings is 2. The molecule has 0 aliphatic carbocycles. The minimum atomic E-state index is -0.752. The highest BCUT2D eigenvalue weighted by atomic mass is 19.1. The molecule has 8 heteroatoms. The first kappa shape index (κ1) is 15.0. The van der Waals surface area contributed by atoms with Crippen molar-refractivity contribution in [3.05, 3.63) is 68.5 Å². The van der Waals surface area contributed by atoms with Crippen LogP contribution in [0.5, 0.6) is 0 Å². The Kier molecular flexibility index (Phi) is 3.31. The lowest BCUT2D eigenvalue weighted by Crippen LogP contribution is -2.28. The molecule has 2 heterocycles. The maximum Gasteiger partial charge on any atom is 0.314 e. The van der Waals surface area contributed by atoms with E-state index < -0.39 is 16.9 Å². The van der Waals surface area contributed by atoms with Crippen molar-refractivity contribution in [1.82, 2.24) is 20.1 Å². The minimum absolute atomic E-state index is 0.131. The molecular weight excluding hydrogens is 327 g/mol. The Bertz CT molecular complexity index is 1220. The van der Waals surface area contributed by atoms with E-state index in [2.05, 4.69) is 20.1 Å². The molecule has 124 valence electrons. The molecule has 0 fully saturated rings. The maximum atomic E-state index is 14.0. The minimum Gasteiger partial charge on any atom is -0.334 e. The first-order chi connectivity index (χ1) is 12.0. The summed E-state index contributed by atoms with van der Waals surface area (Å²) in [5, 5.41) is 3.82. The van der Waals surface area contributed by atoms with Gasteiger partial charge in [-0.25, -0.2) is 4.39 Å². The SMILES string of the molecule is Cc1ccc(F)c(-c2noc(-c3ccc4[nH]c(=O)c(=O)[nH]c4c3)n2)c1. The van der Waals surface area contributed by atoms with Gasteiger partial charge in [-0.15, -0.1) is 0 Å². The second-order valence-electron chi connectivity index (χ2n) is 5.58. The van der Waals surface area contributed by atoms with Crippen molar-refractivity contribution in [3.8, 4) is 22.8 Å². The molecule has 0 bridgehead atoms. The number of aromatic amines is 2. The number of hydrogen-bond acceptors (Lipinski definition) is 5. The number of nitrogens with zero attached hydrogens (tertiary/aromatic N) is 2. The van der Waals surface area contributed by atoms with Crippen LogP contribution in [0, 0.1) is 12.7 Å². The summed E-state index contributed by atoms with van der Waals surface area (Å²) in [5.74, 6) is -0.144. The van der Waals surface area contributed by atoms with Crippen LogP contribution in [0.4, 0.5) is 4.39 Å². The van der Waals surface area contributed by atoms with E-state index in [0.29, 0.717) is 16.6 Å². The zero-order valence-corrected chi connectivity index (χ0v) is 13.0. The van der Waals surface area contributed by atoms with Crippen LogP contribution in [0.25, 0.3) is 33.9 Å². The maximum absolute atomic E-state index is 14.0. The van der Waals surface area contributed by atoms with Gasteiger partial charge in [0.2, 0.25) is 5.82 Å². The molecule has 2 aromatic carbocycles. The second kappa shape index (κ2) is 5.52. The fraction of sp³-hybridized carbons (Fsp3) is 0.0588. The van der Waals surface area contributed by atoms with Crippen LogP contribution in [0.3, 0.4) is 0 Å². The molecule has 0 aliphatic heterocycles. The summed E-state index contributed by atoms with van der Waals surface area (Å²) >= 11 is 0. The van der Waals surface area contributed by atoms with Gasteiger partial charge in [-0.05, 0) is 37.3 Å². The Morgan fingerprint density at radius 3 is 2.56 bits per heavy atom. The summed E-state index contributed by atoms with van der Waals surface area (Å²) in [6.45, 7) is 1.84. The fourth-order valence-electron chi connectivity index (χ4n) is 2.51. The lowest BCUT2D eigenvalue weighted by Gasteiger charge is -1.99. The topological polar surface area (TPSA) is 105 Å². The normalized spacial score (nSPS) is 11.1. The number of aryl methyl sites for hydroxylation is 1. The molecule has 2 aromatic heterocycles. The first-order valence-electron chi connectivity index (χ1n) is 7.38. The second-order valence-corrected chi connectivity index (χ2v) is 5.58. The molecule has 0 radical (unpaired) electrons. The van der Waals surface area contributed by atoms with Gasteiger partial charge in [0.15, 0.2) is 0 Å². The van der Waals surface area contributed by atoms with Crippen molar-refractivity contribution < 1.29 is 8.91 Å². The average Bonchev–Trinajstić information content (AvgIpc) is 3.07. The molecule has 0 saturated carbocycles. The van der Waals surface area contributed by atoms with E-state index in [0.717, 1.165) is 5.56 Å². The summed E-state index contributed by atoms with van der Waals surface area (Å²) in [6, 6.07) is 9.49. The highest BCUT2D eigenvalue weighted by Crippen LogP contribution is 2.26. The molecule has 0 unspecified atom stereocenters. The monoisotopic (exact) mass is 338 g/mol. The van der Waals surface area contributed by atoms with Gasteiger partial charge in [-0.3, -0.25) is 9.59 Å².